The first-order valence-corrected chi connectivity index (χ1v) is 17.0. The van der Waals surface area contributed by atoms with Crippen molar-refractivity contribution < 1.29 is 37.8 Å². The number of aromatic nitrogens is 4. The highest BCUT2D eigenvalue weighted by Crippen LogP contribution is 2.41. The molecule has 1 aromatic carbocycles. The van der Waals surface area contributed by atoms with Gasteiger partial charge in [-0.25, -0.2) is 17.9 Å². The molecule has 3 heterocycles. The van der Waals surface area contributed by atoms with Crippen LogP contribution in [0.15, 0.2) is 45.6 Å². The molecular weight excluding hydrogens is 635 g/mol. The Morgan fingerprint density at radius 2 is 1.95 bits per heavy atom. The lowest BCUT2D eigenvalue weighted by Crippen LogP contribution is -2.70. The molecule has 0 radical (unpaired) electrons. The Morgan fingerprint density at radius 3 is 2.57 bits per heavy atom. The summed E-state index contributed by atoms with van der Waals surface area (Å²) in [7, 11) is -2.50. The molecule has 0 spiro atoms. The monoisotopic (exact) mass is 667 g/mol. The highest BCUT2D eigenvalue weighted by molar-refractivity contribution is 8.01. The molecule has 4 rings (SSSR count). The van der Waals surface area contributed by atoms with Crippen LogP contribution in [0.1, 0.15) is 45.6 Å². The lowest BCUT2D eigenvalue weighted by molar-refractivity contribution is -0.150. The predicted molar refractivity (Wildman–Crippen MR) is 160 cm³/mol. The highest BCUT2D eigenvalue weighted by Gasteiger charge is 2.54. The van der Waals surface area contributed by atoms with Gasteiger partial charge in [0.1, 0.15) is 23.2 Å². The van der Waals surface area contributed by atoms with E-state index in [9.17, 15) is 37.8 Å². The van der Waals surface area contributed by atoms with Crippen LogP contribution in [0.2, 0.25) is 0 Å². The second-order valence-corrected chi connectivity index (χ2v) is 15.0. The number of aliphatic carboxylic acids is 2. The molecule has 2 amide bonds. The Kier molecular flexibility index (Phi) is 10.1. The maximum Gasteiger partial charge on any atom is 0.352 e. The van der Waals surface area contributed by atoms with Gasteiger partial charge >= 0.3 is 11.9 Å². The second kappa shape index (κ2) is 13.3. The molecule has 2 aliphatic rings. The number of carboxylic acids is 2. The van der Waals surface area contributed by atoms with Crippen LogP contribution >= 0.6 is 23.5 Å². The maximum atomic E-state index is 12.9. The molecular formula is C26H33N7O8S3. The van der Waals surface area contributed by atoms with Crippen LogP contribution in [-0.4, -0.2) is 96.5 Å². The van der Waals surface area contributed by atoms with E-state index in [1.165, 1.54) is 40.3 Å². The third kappa shape index (κ3) is 7.41. The molecule has 1 aromatic heterocycles. The van der Waals surface area contributed by atoms with E-state index in [2.05, 4.69) is 25.6 Å². The van der Waals surface area contributed by atoms with Crippen molar-refractivity contribution in [2.24, 2.45) is 7.05 Å². The van der Waals surface area contributed by atoms with Crippen molar-refractivity contribution >= 4 is 57.3 Å². The molecule has 18 heteroatoms. The third-order valence-electron chi connectivity index (χ3n) is 7.03. The van der Waals surface area contributed by atoms with Crippen molar-refractivity contribution in [1.29, 1.82) is 0 Å². The summed E-state index contributed by atoms with van der Waals surface area (Å²) < 4.78 is 29.5. The van der Waals surface area contributed by atoms with Gasteiger partial charge in [0.2, 0.25) is 21.1 Å². The van der Waals surface area contributed by atoms with Gasteiger partial charge in [0.15, 0.2) is 0 Å². The summed E-state index contributed by atoms with van der Waals surface area (Å²) in [4.78, 5) is 50.6. The Morgan fingerprint density at radius 1 is 1.23 bits per heavy atom. The number of rotatable bonds is 13. The molecule has 4 N–H and O–H groups in total. The molecule has 2 unspecified atom stereocenters. The molecule has 2 aromatic rings. The number of fused-ring (bicyclic) bond motifs is 1. The number of carboxylic acid groups (broad SMARTS) is 2. The summed E-state index contributed by atoms with van der Waals surface area (Å²) in [5.41, 5.74) is 0.848. The van der Waals surface area contributed by atoms with Gasteiger partial charge in [-0.1, -0.05) is 44.7 Å². The average Bonchev–Trinajstić information content (AvgIpc) is 3.37. The summed E-state index contributed by atoms with van der Waals surface area (Å²) in [5.74, 6) is -3.17. The third-order valence-corrected chi connectivity index (χ3v) is 10.9. The van der Waals surface area contributed by atoms with E-state index in [0.717, 1.165) is 10.5 Å². The van der Waals surface area contributed by atoms with Gasteiger partial charge in [0, 0.05) is 25.0 Å². The highest BCUT2D eigenvalue weighted by atomic mass is 32.2. The number of aryl methyl sites for hydroxylation is 1. The Bertz CT molecular complexity index is 1600. The number of carbonyl (C=O) groups excluding carboxylic acids is 2. The first-order valence-electron chi connectivity index (χ1n) is 13.5. The molecule has 2 aliphatic heterocycles. The number of sulfonamides is 1. The molecule has 44 heavy (non-hydrogen) atoms. The molecule has 1 saturated heterocycles. The molecule has 15 nitrogen and oxygen atoms in total. The van der Waals surface area contributed by atoms with Crippen molar-refractivity contribution in [3.63, 3.8) is 0 Å². The van der Waals surface area contributed by atoms with Crippen LogP contribution in [0, 0.1) is 0 Å². The van der Waals surface area contributed by atoms with E-state index in [1.807, 2.05) is 20.8 Å². The summed E-state index contributed by atoms with van der Waals surface area (Å²) >= 11 is 2.56. The number of nitrogens with one attached hydrogen (secondary N) is 2. The number of benzene rings is 1. The van der Waals surface area contributed by atoms with Gasteiger partial charge in [-0.3, -0.25) is 19.3 Å². The minimum Gasteiger partial charge on any atom is -0.480 e. The van der Waals surface area contributed by atoms with Gasteiger partial charge in [-0.2, -0.15) is 4.72 Å². The quantitative estimate of drug-likeness (QED) is 0.173. The zero-order valence-corrected chi connectivity index (χ0v) is 26.8. The summed E-state index contributed by atoms with van der Waals surface area (Å²) in [6.07, 6.45) is -0.312. The van der Waals surface area contributed by atoms with E-state index >= 15 is 0 Å². The van der Waals surface area contributed by atoms with Crippen LogP contribution in [0.4, 0.5) is 0 Å². The van der Waals surface area contributed by atoms with E-state index in [0.29, 0.717) is 16.5 Å². The van der Waals surface area contributed by atoms with E-state index in [1.54, 1.807) is 19.2 Å². The number of hydrogen-bond donors (Lipinski definition) is 4. The van der Waals surface area contributed by atoms with Crippen LogP contribution in [0.25, 0.3) is 0 Å². The lowest BCUT2D eigenvalue weighted by Gasteiger charge is -2.49. The van der Waals surface area contributed by atoms with Gasteiger partial charge in [-0.05, 0) is 52.0 Å². The summed E-state index contributed by atoms with van der Waals surface area (Å²) in [5, 5.41) is 33.1. The predicted octanol–water partition coefficient (Wildman–Crippen LogP) is 0.940. The fourth-order valence-electron chi connectivity index (χ4n) is 4.62. The molecule has 0 aliphatic carbocycles. The normalized spacial score (nSPS) is 19.3. The van der Waals surface area contributed by atoms with Crippen molar-refractivity contribution in [3.8, 4) is 0 Å². The summed E-state index contributed by atoms with van der Waals surface area (Å²) in [6.45, 7) is 5.79. The maximum absolute atomic E-state index is 12.9. The smallest absolute Gasteiger partial charge is 0.352 e. The number of amides is 2. The number of nitrogens with zero attached hydrogens (tertiary/aromatic N) is 5. The van der Waals surface area contributed by atoms with Gasteiger partial charge in [0.05, 0.1) is 4.90 Å². The number of tetrazole rings is 1. The van der Waals surface area contributed by atoms with Crippen LogP contribution in [0.5, 0.6) is 0 Å². The fourth-order valence-corrected chi connectivity index (χ4v) is 8.22. The second-order valence-electron chi connectivity index (χ2n) is 11.3. The molecule has 1 fully saturated rings. The Hall–Kier alpha value is -3.48. The number of carbonyl (C=O) groups is 4. The van der Waals surface area contributed by atoms with Gasteiger partial charge in [0.25, 0.3) is 5.91 Å². The molecule has 3 atom stereocenters. The van der Waals surface area contributed by atoms with Crippen molar-refractivity contribution in [2.75, 3.05) is 11.5 Å². The van der Waals surface area contributed by atoms with E-state index in [4.69, 9.17) is 0 Å². The minimum absolute atomic E-state index is 0.0222. The average molecular weight is 668 g/mol. The Labute approximate surface area is 262 Å². The fraction of sp³-hybridized carbons (Fsp3) is 0.500. The van der Waals surface area contributed by atoms with Crippen LogP contribution in [0.3, 0.4) is 0 Å². The SMILES string of the molecule is Cn1nnnc1SCC1=C(C(=O)O)N2C(=O)C(NC(=O)CCCC(NS(=O)(=O)c3cccc(C(C)(C)C)c3)C(=O)O)[C@@H]2SC1. The number of thioether (sulfide) groups is 2. The van der Waals surface area contributed by atoms with E-state index < -0.39 is 51.2 Å². The number of hydrogen-bond acceptors (Lipinski definition) is 11. The van der Waals surface area contributed by atoms with Crippen LogP contribution in [-0.2, 0) is 41.7 Å². The van der Waals surface area contributed by atoms with Crippen LogP contribution < -0.4 is 10.0 Å². The Balaban J connectivity index is 1.32. The molecule has 238 valence electrons. The minimum atomic E-state index is -4.16. The van der Waals surface area contributed by atoms with Crippen molar-refractivity contribution in [1.82, 2.24) is 35.1 Å². The zero-order chi connectivity index (χ0) is 32.4. The summed E-state index contributed by atoms with van der Waals surface area (Å²) in [6, 6.07) is 3.85. The first kappa shape index (κ1) is 33.4. The lowest BCUT2D eigenvalue weighted by atomic mass is 9.87. The largest absolute Gasteiger partial charge is 0.480 e. The zero-order valence-electron chi connectivity index (χ0n) is 24.4. The van der Waals surface area contributed by atoms with Crippen molar-refractivity contribution in [2.45, 2.75) is 73.0 Å². The topological polar surface area (TPSA) is 214 Å². The van der Waals surface area contributed by atoms with Crippen molar-refractivity contribution in [3.05, 3.63) is 41.1 Å². The van der Waals surface area contributed by atoms with Gasteiger partial charge < -0.3 is 15.5 Å². The van der Waals surface area contributed by atoms with Gasteiger partial charge in [-0.15, -0.1) is 16.9 Å². The van der Waals surface area contributed by atoms with E-state index in [-0.39, 0.29) is 41.0 Å². The molecule has 0 saturated carbocycles. The number of β-lactam (4-membered cyclic amide) rings is 1. The standard InChI is InChI=1S/C26H33N7O8S3/c1-26(2,3)15-7-5-8-16(11-15)44(40,41)29-17(23(36)37)9-6-10-18(34)27-19-21(35)33-20(24(38)39)14(12-42-22(19)33)13-43-25-28-30-31-32(25)4/h5,7-8,11,17,19,22,29H,6,9-10,12-13H2,1-4H3,(H,27,34)(H,36,37)(H,38,39)/t17?,19?,22-/m0/s1. The first-order chi connectivity index (χ1) is 20.6. The molecule has 0 bridgehead atoms.